The summed E-state index contributed by atoms with van der Waals surface area (Å²) in [5.74, 6) is -8.11. The quantitative estimate of drug-likeness (QED) is 0.0174. The maximum absolute atomic E-state index is 16.2. The second kappa shape index (κ2) is 59.9. The highest BCUT2D eigenvalue weighted by Crippen LogP contribution is 2.33. The van der Waals surface area contributed by atoms with Gasteiger partial charge >= 0.3 is 0 Å². The van der Waals surface area contributed by atoms with Gasteiger partial charge in [-0.2, -0.15) is 0 Å². The summed E-state index contributed by atoms with van der Waals surface area (Å²) in [7, 11) is 0. The molecular formula is C116H151N19O13. The summed E-state index contributed by atoms with van der Waals surface area (Å²) in [5, 5.41) is 4.16. The molecule has 0 saturated heterocycles. The summed E-state index contributed by atoms with van der Waals surface area (Å²) < 4.78 is 0. The van der Waals surface area contributed by atoms with Crippen LogP contribution in [0.1, 0.15) is 205 Å². The van der Waals surface area contributed by atoms with Crippen molar-refractivity contribution < 1.29 is 62.3 Å². The third kappa shape index (κ3) is 34.0. The highest BCUT2D eigenvalue weighted by molar-refractivity contribution is 5.97. The predicted molar refractivity (Wildman–Crippen MR) is 576 cm³/mol. The Labute approximate surface area is 871 Å². The van der Waals surface area contributed by atoms with Crippen LogP contribution in [-0.4, -0.2) is 285 Å². The molecule has 0 fully saturated rings. The van der Waals surface area contributed by atoms with Gasteiger partial charge in [-0.3, -0.25) is 62.3 Å². The van der Waals surface area contributed by atoms with Crippen LogP contribution in [0.5, 0.6) is 0 Å². The van der Waals surface area contributed by atoms with Crippen molar-refractivity contribution in [3.8, 4) is 0 Å². The summed E-state index contributed by atoms with van der Waals surface area (Å²) >= 11 is 0. The van der Waals surface area contributed by atoms with Crippen molar-refractivity contribution in [3.63, 3.8) is 0 Å². The lowest BCUT2D eigenvalue weighted by atomic mass is 10.0. The molecule has 10 aromatic rings. The molecule has 0 unspecified atom stereocenters. The number of nitrogens with two attached hydrogens (primary N) is 5. The first-order valence-electron chi connectivity index (χ1n) is 51.7. The van der Waals surface area contributed by atoms with Crippen molar-refractivity contribution in [2.75, 3.05) is 144 Å². The van der Waals surface area contributed by atoms with E-state index in [2.05, 4.69) is 10.3 Å². The first-order chi connectivity index (χ1) is 71.4. The number of rotatable bonds is 61. The Bertz CT molecular complexity index is 5750. The lowest BCUT2D eigenvalue weighted by molar-refractivity contribution is -0.152. The second-order valence-corrected chi connectivity index (χ2v) is 37.9. The monoisotopic (exact) mass is 2020 g/mol. The average molecular weight is 2020 g/mol. The summed E-state index contributed by atoms with van der Waals surface area (Å²) in [5.41, 5.74) is 37.2. The van der Waals surface area contributed by atoms with Crippen LogP contribution in [0.4, 0.5) is 0 Å². The number of para-hydroxylation sites is 1. The molecule has 0 bridgehead atoms. The van der Waals surface area contributed by atoms with Crippen LogP contribution in [0.2, 0.25) is 0 Å². The number of H-pyrrole nitrogens is 1. The number of aromatic nitrogens is 1. The molecule has 0 radical (unpaired) electrons. The number of carbonyl (C=O) groups is 13. The molecule has 1 aromatic heterocycles. The van der Waals surface area contributed by atoms with Gasteiger partial charge in [-0.25, -0.2) is 0 Å². The molecule has 1 heterocycles. The molecule has 148 heavy (non-hydrogen) atoms. The summed E-state index contributed by atoms with van der Waals surface area (Å²) in [4.78, 5) is 221. The van der Waals surface area contributed by atoms with E-state index >= 15 is 47.9 Å². The molecule has 12 N–H and O–H groups in total. The molecule has 0 spiro atoms. The smallest absolute Gasteiger partial charge is 0.243 e. The van der Waals surface area contributed by atoms with E-state index in [-0.39, 0.29) is 58.3 Å². The lowest BCUT2D eigenvalue weighted by Crippen LogP contribution is -2.54. The van der Waals surface area contributed by atoms with Crippen molar-refractivity contribution in [2.45, 2.75) is 162 Å². The van der Waals surface area contributed by atoms with Crippen LogP contribution < -0.4 is 34.0 Å². The minimum Gasteiger partial charge on any atom is -0.368 e. The Kier molecular flexibility index (Phi) is 46.7. The number of fused-ring (bicyclic) bond motifs is 1. The number of carbonyl (C=O) groups excluding carboxylic acids is 13. The SMILES string of the molecule is C[C@@H](c1ccccc1)N(CC(=O)N(CCCCN)CC(=O)N(CC(=O)N(CC(=O)N(CCCCN)CC(=O)N(CC(=O)N(CC(=O)N(CCCCN)CC(=O)N(CC(=O)N(CC(=O)N(CCc1c[nH]c2ccccc12)CC(N)=O)[C@@H](C)c1ccccc1)[C@@H](C)c1ccccc1)[C@@H](C)c1ccccc1)[C@@H](C)c1ccccc1)[C@@H](C)c1ccccc1)[C@@H](C)c1ccccc1)C(=O)CN(C(=O)CNCCCCN)[C@@H](C)c1ccccc1. The number of nitrogens with one attached hydrogen (secondary N) is 2. The van der Waals surface area contributed by atoms with Crippen LogP contribution >= 0.6 is 0 Å². The zero-order chi connectivity index (χ0) is 107. The normalized spacial score (nSPS) is 12.8. The van der Waals surface area contributed by atoms with Crippen molar-refractivity contribution in [2.24, 2.45) is 28.7 Å². The fraction of sp³-hybridized carbons (Fsp3) is 0.405. The molecule has 0 aliphatic carbocycles. The minimum absolute atomic E-state index is 0.0182. The molecule has 9 aromatic carbocycles. The number of hydrogen-bond acceptors (Lipinski definition) is 18. The number of hydrogen-bond donors (Lipinski definition) is 7. The maximum Gasteiger partial charge on any atom is 0.243 e. The molecule has 32 heteroatoms. The number of aromatic amines is 1. The largest absolute Gasteiger partial charge is 0.368 e. The lowest BCUT2D eigenvalue weighted by Gasteiger charge is -2.38. The highest BCUT2D eigenvalue weighted by Gasteiger charge is 2.40. The number of unbranched alkanes of at least 4 members (excludes halogenated alkanes) is 4. The first kappa shape index (κ1) is 115. The fourth-order valence-electron chi connectivity index (χ4n) is 18.5. The van der Waals surface area contributed by atoms with E-state index in [1.165, 1.54) is 58.8 Å². The number of benzene rings is 9. The molecule has 8 atom stereocenters. The molecule has 0 aliphatic rings. The first-order valence-corrected chi connectivity index (χ1v) is 51.7. The maximum atomic E-state index is 16.2. The van der Waals surface area contributed by atoms with Gasteiger partial charge in [-0.05, 0) is 202 Å². The van der Waals surface area contributed by atoms with Crippen molar-refractivity contribution in [1.82, 2.24) is 69.1 Å². The number of primary amides is 1. The Morgan fingerprint density at radius 1 is 0.243 bits per heavy atom. The molecule has 0 aliphatic heterocycles. The third-order valence-electron chi connectivity index (χ3n) is 27.8. The molecule has 13 amide bonds. The number of amides is 13. The van der Waals surface area contributed by atoms with E-state index in [0.29, 0.717) is 97.0 Å². The van der Waals surface area contributed by atoms with Crippen molar-refractivity contribution >= 4 is 87.7 Å². The zero-order valence-electron chi connectivity index (χ0n) is 87.1. The third-order valence-corrected chi connectivity index (χ3v) is 27.8. The van der Waals surface area contributed by atoms with Crippen molar-refractivity contribution in [1.29, 1.82) is 0 Å². The van der Waals surface area contributed by atoms with Gasteiger partial charge < -0.3 is 97.8 Å². The molecular weight excluding hydrogens is 1870 g/mol. The van der Waals surface area contributed by atoms with Gasteiger partial charge in [0.25, 0.3) is 0 Å². The summed E-state index contributed by atoms with van der Waals surface area (Å²) in [6, 6.07) is 74.1. The van der Waals surface area contributed by atoms with Gasteiger partial charge in [0.2, 0.25) is 76.8 Å². The zero-order valence-corrected chi connectivity index (χ0v) is 87.1. The van der Waals surface area contributed by atoms with E-state index in [1.54, 1.807) is 133 Å². The van der Waals surface area contributed by atoms with Crippen LogP contribution in [0.25, 0.3) is 10.9 Å². The highest BCUT2D eigenvalue weighted by atomic mass is 16.2. The average Bonchev–Trinajstić information content (AvgIpc) is 1.20. The van der Waals surface area contributed by atoms with Gasteiger partial charge in [0.05, 0.1) is 81.1 Å². The van der Waals surface area contributed by atoms with Gasteiger partial charge in [-0.15, -0.1) is 0 Å². The van der Waals surface area contributed by atoms with Crippen LogP contribution in [-0.2, 0) is 68.7 Å². The molecule has 32 nitrogen and oxygen atoms in total. The van der Waals surface area contributed by atoms with Gasteiger partial charge in [-0.1, -0.05) is 261 Å². The van der Waals surface area contributed by atoms with E-state index in [1.807, 2.05) is 195 Å². The predicted octanol–water partition coefficient (Wildman–Crippen LogP) is 11.8. The Hall–Kier alpha value is -14.6. The van der Waals surface area contributed by atoms with Crippen LogP contribution in [0.15, 0.2) is 273 Å². The number of nitrogens with zero attached hydrogens (tertiary/aromatic N) is 12. The van der Waals surface area contributed by atoms with Gasteiger partial charge in [0, 0.05) is 43.3 Å². The van der Waals surface area contributed by atoms with Crippen LogP contribution in [0, 0.1) is 0 Å². The van der Waals surface area contributed by atoms with E-state index < -0.39 is 198 Å². The topological polar surface area (TPSA) is 419 Å². The Morgan fingerprint density at radius 2 is 0.453 bits per heavy atom. The fourth-order valence-corrected chi connectivity index (χ4v) is 18.5. The minimum atomic E-state index is -0.882. The summed E-state index contributed by atoms with van der Waals surface area (Å²) in [6.07, 6.45) is 5.95. The molecule has 0 saturated carbocycles. The Morgan fingerprint density at radius 3 is 0.696 bits per heavy atom. The van der Waals surface area contributed by atoms with E-state index in [0.717, 1.165) is 34.9 Å². The van der Waals surface area contributed by atoms with E-state index in [4.69, 9.17) is 28.7 Å². The van der Waals surface area contributed by atoms with Gasteiger partial charge in [0.1, 0.15) is 52.4 Å². The second-order valence-electron chi connectivity index (χ2n) is 37.9. The standard InChI is InChI=1S/C116H151N19O13/c1-85(93-43-17-9-18-44-93)128(105(137)72-122-66-39-35-62-117)81-113(145)129(86(2)94-45-19-10-20-46-94)77-106(138)124(67-40-36-63-118)74-110(142)133(90(6)98-53-27-14-28-54-98)82-114(146)130(87(3)95-47-21-11-22-48-95)78-107(139)125(68-41-37-64-119)75-111(143)134(91(7)99-55-29-15-30-56-99)83-115(147)131(88(4)96-49-23-12-24-50-96)79-108(140)126(69-42-38-65-120)76-112(144)135(92(8)100-57-31-16-32-58-100)84-116(148)132(89(5)97-51-25-13-26-52-97)80-109(141)127(73-104(121)136)70-61-101-71-123-103-60-34-33-59-102(101)103/h9-34,43-60,71,85-92,122-123H,35-42,61-70,72-84,117-120H2,1-8H3,(H2,121,136)/t85-,86-,87-,88-,89-,90-,91-,92-/m0/s1. The van der Waals surface area contributed by atoms with E-state index in [9.17, 15) is 14.4 Å². The van der Waals surface area contributed by atoms with Gasteiger partial charge in [0.15, 0.2) is 0 Å². The van der Waals surface area contributed by atoms with Crippen LogP contribution in [0.3, 0.4) is 0 Å². The molecule has 788 valence electrons. The Balaban J connectivity index is 0.943. The molecule has 10 rings (SSSR count). The van der Waals surface area contributed by atoms with Crippen molar-refractivity contribution in [3.05, 3.63) is 323 Å². The summed E-state index contributed by atoms with van der Waals surface area (Å²) in [6.45, 7) is 9.06.